The molecule has 118 valence electrons. The minimum Gasteiger partial charge on any atom is -0.369 e. The highest BCUT2D eigenvalue weighted by molar-refractivity contribution is 9.08. The van der Waals surface area contributed by atoms with Gasteiger partial charge in [-0.05, 0) is 44.6 Å². The molecule has 1 aliphatic heterocycles. The number of hydrogen-bond acceptors (Lipinski definition) is 2. The molecule has 0 radical (unpaired) electrons. The Hall–Kier alpha value is -0.750. The van der Waals surface area contributed by atoms with Crippen LogP contribution in [0.3, 0.4) is 0 Å². The van der Waals surface area contributed by atoms with Gasteiger partial charge in [0.1, 0.15) is 0 Å². The van der Waals surface area contributed by atoms with Crippen molar-refractivity contribution in [3.05, 3.63) is 29.3 Å². The van der Waals surface area contributed by atoms with E-state index in [0.717, 1.165) is 12.8 Å². The molecule has 6 heteroatoms. The van der Waals surface area contributed by atoms with Crippen LogP contribution in [0.1, 0.15) is 24.0 Å². The average molecular weight is 365 g/mol. The first kappa shape index (κ1) is 16.6. The summed E-state index contributed by atoms with van der Waals surface area (Å²) < 4.78 is 40.0. The fourth-order valence-corrected chi connectivity index (χ4v) is 3.11. The molecule has 0 N–H and O–H groups in total. The molecule has 1 aliphatic rings. The molecule has 0 amide bonds. The second-order valence-corrected chi connectivity index (χ2v) is 6.25. The maximum Gasteiger partial charge on any atom is 0.418 e. The van der Waals surface area contributed by atoms with Gasteiger partial charge in [0.05, 0.1) is 5.56 Å². The molecular weight excluding hydrogens is 345 g/mol. The number of rotatable bonds is 3. The number of likely N-dealkylation sites (N-methyl/N-ethyl adjacent to an activating group) is 1. The zero-order valence-corrected chi connectivity index (χ0v) is 13.8. The molecule has 0 aliphatic carbocycles. The Labute approximate surface area is 132 Å². The highest BCUT2D eigenvalue weighted by atomic mass is 79.9. The molecule has 0 saturated carbocycles. The molecule has 21 heavy (non-hydrogen) atoms. The number of anilines is 1. The van der Waals surface area contributed by atoms with Crippen LogP contribution >= 0.6 is 15.9 Å². The summed E-state index contributed by atoms with van der Waals surface area (Å²) in [5, 5.41) is 0.427. The summed E-state index contributed by atoms with van der Waals surface area (Å²) in [5.41, 5.74) is 0.421. The predicted molar refractivity (Wildman–Crippen MR) is 83.0 cm³/mol. The lowest BCUT2D eigenvalue weighted by atomic mass is 10.0. The Bertz CT molecular complexity index is 488. The van der Waals surface area contributed by atoms with Crippen LogP contribution in [0, 0.1) is 0 Å². The maximum atomic E-state index is 13.3. The van der Waals surface area contributed by atoms with E-state index < -0.39 is 11.7 Å². The molecule has 0 spiro atoms. The minimum absolute atomic E-state index is 0.302. The Morgan fingerprint density at radius 2 is 2.05 bits per heavy atom. The van der Waals surface area contributed by atoms with Gasteiger partial charge in [0.25, 0.3) is 0 Å². The third-order valence-electron chi connectivity index (χ3n) is 3.99. The lowest BCUT2D eigenvalue weighted by molar-refractivity contribution is -0.137. The second kappa shape index (κ2) is 6.57. The fraction of sp³-hybridized carbons (Fsp3) is 0.600. The summed E-state index contributed by atoms with van der Waals surface area (Å²) in [6.45, 7) is 1.32. The van der Waals surface area contributed by atoms with Gasteiger partial charge in [0, 0.05) is 30.1 Å². The quantitative estimate of drug-likeness (QED) is 0.744. The fourth-order valence-electron chi connectivity index (χ4n) is 2.76. The lowest BCUT2D eigenvalue weighted by Gasteiger charge is -2.38. The van der Waals surface area contributed by atoms with Crippen molar-refractivity contribution in [2.75, 3.05) is 32.1 Å². The third kappa shape index (κ3) is 3.92. The summed E-state index contributed by atoms with van der Waals surface area (Å²) in [6.07, 6.45) is -2.37. The number of alkyl halides is 4. The smallest absolute Gasteiger partial charge is 0.369 e. The van der Waals surface area contributed by atoms with Crippen molar-refractivity contribution in [2.24, 2.45) is 0 Å². The monoisotopic (exact) mass is 364 g/mol. The van der Waals surface area contributed by atoms with Gasteiger partial charge < -0.3 is 9.80 Å². The van der Waals surface area contributed by atoms with Crippen LogP contribution in [0.4, 0.5) is 18.9 Å². The molecule has 1 atom stereocenters. The minimum atomic E-state index is -4.32. The largest absolute Gasteiger partial charge is 0.418 e. The van der Waals surface area contributed by atoms with Crippen molar-refractivity contribution in [1.82, 2.24) is 4.90 Å². The van der Waals surface area contributed by atoms with E-state index in [9.17, 15) is 13.2 Å². The first-order chi connectivity index (χ1) is 9.82. The predicted octanol–water partition coefficient (Wildman–Crippen LogP) is 4.13. The Balaban J connectivity index is 2.34. The third-order valence-corrected chi connectivity index (χ3v) is 4.64. The number of hydrogen-bond donors (Lipinski definition) is 0. The zero-order valence-electron chi connectivity index (χ0n) is 12.3. The van der Waals surface area contributed by atoms with Gasteiger partial charge in [-0.15, -0.1) is 0 Å². The molecule has 2 nitrogen and oxygen atoms in total. The van der Waals surface area contributed by atoms with E-state index in [1.165, 1.54) is 6.07 Å². The van der Waals surface area contributed by atoms with Crippen LogP contribution in [0.15, 0.2) is 18.2 Å². The van der Waals surface area contributed by atoms with Gasteiger partial charge in [0.2, 0.25) is 0 Å². The van der Waals surface area contributed by atoms with Gasteiger partial charge in [-0.3, -0.25) is 0 Å². The Morgan fingerprint density at radius 3 is 2.62 bits per heavy atom. The van der Waals surface area contributed by atoms with E-state index in [1.807, 2.05) is 19.0 Å². The normalized spacial score (nSPS) is 20.1. The molecule has 0 aromatic heterocycles. The lowest BCUT2D eigenvalue weighted by Crippen LogP contribution is -2.45. The molecule has 1 heterocycles. The van der Waals surface area contributed by atoms with E-state index in [2.05, 4.69) is 20.8 Å². The van der Waals surface area contributed by atoms with E-state index in [0.29, 0.717) is 35.7 Å². The summed E-state index contributed by atoms with van der Waals surface area (Å²) in [7, 11) is 3.96. The van der Waals surface area contributed by atoms with Crippen LogP contribution in [0.5, 0.6) is 0 Å². The van der Waals surface area contributed by atoms with Crippen molar-refractivity contribution in [3.63, 3.8) is 0 Å². The highest BCUT2D eigenvalue weighted by Gasteiger charge is 2.36. The number of piperidine rings is 1. The van der Waals surface area contributed by atoms with Crippen LogP contribution in [-0.2, 0) is 11.5 Å². The zero-order chi connectivity index (χ0) is 15.6. The number of nitrogens with zero attached hydrogens (tertiary/aromatic N) is 2. The molecule has 1 aromatic carbocycles. The summed E-state index contributed by atoms with van der Waals surface area (Å²) in [4.78, 5) is 3.96. The maximum absolute atomic E-state index is 13.3. The van der Waals surface area contributed by atoms with Crippen LogP contribution in [0.2, 0.25) is 0 Å². The summed E-state index contributed by atoms with van der Waals surface area (Å²) in [6, 6.07) is 4.93. The highest BCUT2D eigenvalue weighted by Crippen LogP contribution is 2.38. The number of benzene rings is 1. The van der Waals surface area contributed by atoms with Crippen molar-refractivity contribution < 1.29 is 13.2 Å². The standard InChI is InChI=1S/C15H20BrF3N2/c1-20(2)12-4-3-7-21(10-12)14-6-5-11(9-16)8-13(14)15(17,18)19/h5-6,8,12H,3-4,7,9-10H2,1-2H3. The SMILES string of the molecule is CN(C)C1CCCN(c2ccc(CBr)cc2C(F)(F)F)C1. The molecular formula is C15H20BrF3N2. The van der Waals surface area contributed by atoms with Crippen LogP contribution in [0.25, 0.3) is 0 Å². The molecule has 1 saturated heterocycles. The molecule has 0 bridgehead atoms. The van der Waals surface area contributed by atoms with Gasteiger partial charge in [-0.25, -0.2) is 0 Å². The van der Waals surface area contributed by atoms with E-state index in [4.69, 9.17) is 0 Å². The van der Waals surface area contributed by atoms with Crippen molar-refractivity contribution in [1.29, 1.82) is 0 Å². The van der Waals surface area contributed by atoms with E-state index >= 15 is 0 Å². The van der Waals surface area contributed by atoms with Gasteiger partial charge in [-0.1, -0.05) is 22.0 Å². The second-order valence-electron chi connectivity index (χ2n) is 5.69. The first-order valence-corrected chi connectivity index (χ1v) is 8.12. The molecule has 1 fully saturated rings. The van der Waals surface area contributed by atoms with Crippen LogP contribution < -0.4 is 4.90 Å². The Kier molecular flexibility index (Phi) is 5.20. The van der Waals surface area contributed by atoms with Crippen molar-refractivity contribution in [2.45, 2.75) is 30.4 Å². The van der Waals surface area contributed by atoms with Gasteiger partial charge >= 0.3 is 6.18 Å². The van der Waals surface area contributed by atoms with Gasteiger partial charge in [0.15, 0.2) is 0 Å². The topological polar surface area (TPSA) is 6.48 Å². The first-order valence-electron chi connectivity index (χ1n) is 7.00. The van der Waals surface area contributed by atoms with E-state index in [1.54, 1.807) is 12.1 Å². The molecule has 2 rings (SSSR count). The average Bonchev–Trinajstić information content (AvgIpc) is 2.45. The molecule has 1 aromatic rings. The number of halogens is 4. The molecule has 1 unspecified atom stereocenters. The van der Waals surface area contributed by atoms with Crippen molar-refractivity contribution in [3.8, 4) is 0 Å². The van der Waals surface area contributed by atoms with E-state index in [-0.39, 0.29) is 0 Å². The van der Waals surface area contributed by atoms with Gasteiger partial charge in [-0.2, -0.15) is 13.2 Å². The van der Waals surface area contributed by atoms with Crippen molar-refractivity contribution >= 4 is 21.6 Å². The van der Waals surface area contributed by atoms with Crippen LogP contribution in [-0.4, -0.2) is 38.1 Å². The Morgan fingerprint density at radius 1 is 1.33 bits per heavy atom. The summed E-state index contributed by atoms with van der Waals surface area (Å²) in [5.74, 6) is 0. The summed E-state index contributed by atoms with van der Waals surface area (Å²) >= 11 is 3.22.